The first-order valence-electron chi connectivity index (χ1n) is 12.0. The number of nitrogens with one attached hydrogen (secondary N) is 1. The van der Waals surface area contributed by atoms with Gasteiger partial charge in [0.05, 0.1) is 22.6 Å². The number of aliphatic imine (C=N–C) groups is 2. The number of nitrogens with zero attached hydrogens (tertiary/aromatic N) is 4. The lowest BCUT2D eigenvalue weighted by Crippen LogP contribution is -2.11. The summed E-state index contributed by atoms with van der Waals surface area (Å²) in [5, 5.41) is 6.86. The molecular formula is C27H29F4N5S. The number of halogens is 4. The largest absolute Gasteiger partial charge is 0.422 e. The monoisotopic (exact) mass is 531 g/mol. The van der Waals surface area contributed by atoms with Crippen molar-refractivity contribution in [1.29, 1.82) is 0 Å². The van der Waals surface area contributed by atoms with Crippen molar-refractivity contribution in [1.82, 2.24) is 15.2 Å². The maximum Gasteiger partial charge on any atom is 0.422 e. The molecule has 1 fully saturated rings. The molecule has 2 aromatic rings. The van der Waals surface area contributed by atoms with Crippen molar-refractivity contribution < 1.29 is 17.6 Å². The summed E-state index contributed by atoms with van der Waals surface area (Å²) in [6, 6.07) is 5.76. The Morgan fingerprint density at radius 2 is 2.00 bits per heavy atom. The molecule has 4 rings (SSSR count). The Bertz CT molecular complexity index is 1280. The molecule has 1 aromatic carbocycles. The van der Waals surface area contributed by atoms with Gasteiger partial charge in [-0.3, -0.25) is 15.1 Å². The molecule has 37 heavy (non-hydrogen) atoms. The second kappa shape index (κ2) is 11.2. The molecule has 1 saturated carbocycles. The fourth-order valence-corrected chi connectivity index (χ4v) is 4.85. The standard InChI is InChI=1S/C27H29F4N5S/c1-15(2)25(27(29,30)31)37-24-10-18(6-5-16(24)3)9-21(26-34-14-35-36-26)23-11-19(12-32-20-7-8-20)17(4)22(28)13-33-23/h5-6,10-14,20-22H,7-9H2,1-4H3,(H,34,35,36). The molecule has 2 unspecified atom stereocenters. The van der Waals surface area contributed by atoms with Crippen LogP contribution in [0.25, 0.3) is 0 Å². The molecule has 5 nitrogen and oxygen atoms in total. The number of aromatic amines is 1. The number of hydrogen-bond acceptors (Lipinski definition) is 5. The third kappa shape index (κ3) is 6.85. The van der Waals surface area contributed by atoms with E-state index in [9.17, 15) is 17.6 Å². The van der Waals surface area contributed by atoms with Gasteiger partial charge in [0, 0.05) is 17.3 Å². The fourth-order valence-electron chi connectivity index (χ4n) is 3.87. The minimum atomic E-state index is -4.43. The van der Waals surface area contributed by atoms with Crippen LogP contribution < -0.4 is 0 Å². The Kier molecular flexibility index (Phi) is 8.16. The number of allylic oxidation sites excluding steroid dienone is 6. The van der Waals surface area contributed by atoms with E-state index in [2.05, 4.69) is 25.2 Å². The first-order chi connectivity index (χ1) is 17.5. The maximum absolute atomic E-state index is 14.8. The topological polar surface area (TPSA) is 66.3 Å². The van der Waals surface area contributed by atoms with E-state index in [0.717, 1.165) is 35.7 Å². The van der Waals surface area contributed by atoms with E-state index in [0.29, 0.717) is 34.0 Å². The molecule has 1 aromatic heterocycles. The van der Waals surface area contributed by atoms with Crippen LogP contribution in [0.15, 0.2) is 72.8 Å². The normalized spacial score (nSPS) is 19.2. The number of benzene rings is 1. The second-order valence-corrected chi connectivity index (χ2v) is 10.6. The van der Waals surface area contributed by atoms with E-state index < -0.39 is 23.2 Å². The predicted octanol–water partition coefficient (Wildman–Crippen LogP) is 7.24. The second-order valence-electron chi connectivity index (χ2n) is 9.55. The molecule has 0 saturated heterocycles. The van der Waals surface area contributed by atoms with Gasteiger partial charge in [-0.25, -0.2) is 9.37 Å². The van der Waals surface area contributed by atoms with Gasteiger partial charge in [0.15, 0.2) is 6.17 Å². The molecule has 2 atom stereocenters. The highest BCUT2D eigenvalue weighted by atomic mass is 32.2. The summed E-state index contributed by atoms with van der Waals surface area (Å²) in [5.41, 5.74) is 3.52. The van der Waals surface area contributed by atoms with E-state index in [-0.39, 0.29) is 11.6 Å². The summed E-state index contributed by atoms with van der Waals surface area (Å²) in [4.78, 5) is 13.2. The molecule has 1 aliphatic heterocycles. The minimum Gasteiger partial charge on any atom is -0.289 e. The number of alkyl halides is 4. The molecule has 196 valence electrons. The van der Waals surface area contributed by atoms with Crippen molar-refractivity contribution in [3.63, 3.8) is 0 Å². The summed E-state index contributed by atoms with van der Waals surface area (Å²) >= 11 is 0.724. The highest BCUT2D eigenvalue weighted by Gasteiger charge is 2.35. The number of hydrogen-bond donors (Lipinski definition) is 1. The van der Waals surface area contributed by atoms with Gasteiger partial charge in [0.25, 0.3) is 0 Å². The van der Waals surface area contributed by atoms with Gasteiger partial charge in [0.1, 0.15) is 12.2 Å². The van der Waals surface area contributed by atoms with Crippen LogP contribution in [-0.2, 0) is 6.42 Å². The highest BCUT2D eigenvalue weighted by molar-refractivity contribution is 8.03. The van der Waals surface area contributed by atoms with Gasteiger partial charge in [-0.2, -0.15) is 18.3 Å². The van der Waals surface area contributed by atoms with Crippen molar-refractivity contribution in [2.24, 2.45) is 9.98 Å². The summed E-state index contributed by atoms with van der Waals surface area (Å²) < 4.78 is 55.6. The number of aryl methyl sites for hydroxylation is 1. The Balaban J connectivity index is 1.69. The maximum atomic E-state index is 14.8. The number of H-pyrrole nitrogens is 1. The third-order valence-corrected chi connectivity index (χ3v) is 7.74. The molecule has 0 amide bonds. The molecular weight excluding hydrogens is 502 g/mol. The van der Waals surface area contributed by atoms with Crippen molar-refractivity contribution in [3.8, 4) is 0 Å². The average Bonchev–Trinajstić information content (AvgIpc) is 3.53. The molecule has 0 bridgehead atoms. The zero-order chi connectivity index (χ0) is 26.7. The molecule has 10 heteroatoms. The Hall–Kier alpha value is -3.01. The first-order valence-corrected chi connectivity index (χ1v) is 12.9. The van der Waals surface area contributed by atoms with Gasteiger partial charge in [-0.05, 0) is 81.4 Å². The quantitative estimate of drug-likeness (QED) is 0.222. The van der Waals surface area contributed by atoms with Gasteiger partial charge in [0.2, 0.25) is 0 Å². The van der Waals surface area contributed by atoms with Gasteiger partial charge < -0.3 is 0 Å². The van der Waals surface area contributed by atoms with Crippen molar-refractivity contribution in [3.05, 3.63) is 74.9 Å². The van der Waals surface area contributed by atoms with Gasteiger partial charge in [-0.15, -0.1) is 0 Å². The molecule has 2 aliphatic rings. The SMILES string of the molecule is CC(C)=C(Sc1cc(CC(C2=CC(C=NC3CC3)=C(C)C(F)C=N2)c2ncn[nH]2)ccc1C)C(F)(F)F. The first kappa shape index (κ1) is 27.0. The lowest BCUT2D eigenvalue weighted by atomic mass is 9.93. The Morgan fingerprint density at radius 1 is 1.24 bits per heavy atom. The summed E-state index contributed by atoms with van der Waals surface area (Å²) in [6.07, 6.45) is 2.85. The zero-order valence-electron chi connectivity index (χ0n) is 21.1. The van der Waals surface area contributed by atoms with Crippen LogP contribution >= 0.6 is 11.8 Å². The highest BCUT2D eigenvalue weighted by Crippen LogP contribution is 2.42. The van der Waals surface area contributed by atoms with Crippen LogP contribution in [-0.4, -0.2) is 46.0 Å². The molecule has 1 N–H and O–H groups in total. The van der Waals surface area contributed by atoms with Crippen LogP contribution in [0.5, 0.6) is 0 Å². The van der Waals surface area contributed by atoms with Crippen LogP contribution in [0.1, 0.15) is 56.5 Å². The average molecular weight is 532 g/mol. The number of thioether (sulfide) groups is 1. The summed E-state index contributed by atoms with van der Waals surface area (Å²) in [5.74, 6) is 0.110. The lowest BCUT2D eigenvalue weighted by Gasteiger charge is -2.18. The smallest absolute Gasteiger partial charge is 0.289 e. The van der Waals surface area contributed by atoms with Crippen molar-refractivity contribution in [2.75, 3.05) is 0 Å². The van der Waals surface area contributed by atoms with Crippen molar-refractivity contribution >= 4 is 24.2 Å². The van der Waals surface area contributed by atoms with Crippen LogP contribution in [0.3, 0.4) is 0 Å². The zero-order valence-corrected chi connectivity index (χ0v) is 21.9. The third-order valence-electron chi connectivity index (χ3n) is 6.23. The minimum absolute atomic E-state index is 0.211. The summed E-state index contributed by atoms with van der Waals surface area (Å²) in [7, 11) is 0. The molecule has 2 heterocycles. The van der Waals surface area contributed by atoms with E-state index in [1.807, 2.05) is 18.2 Å². The lowest BCUT2D eigenvalue weighted by molar-refractivity contribution is -0.0843. The molecule has 0 radical (unpaired) electrons. The van der Waals surface area contributed by atoms with Crippen LogP contribution in [0.2, 0.25) is 0 Å². The van der Waals surface area contributed by atoms with E-state index in [1.165, 1.54) is 26.4 Å². The Labute approximate surface area is 218 Å². The Morgan fingerprint density at radius 3 is 2.62 bits per heavy atom. The molecule has 0 spiro atoms. The van der Waals surface area contributed by atoms with E-state index in [4.69, 9.17) is 0 Å². The van der Waals surface area contributed by atoms with E-state index in [1.54, 1.807) is 26.1 Å². The van der Waals surface area contributed by atoms with Crippen molar-refractivity contribution in [2.45, 2.75) is 76.2 Å². The van der Waals surface area contributed by atoms with E-state index >= 15 is 0 Å². The fraction of sp³-hybridized carbons (Fsp3) is 0.407. The number of rotatable bonds is 8. The number of aromatic nitrogens is 3. The van der Waals surface area contributed by atoms with Gasteiger partial charge >= 0.3 is 6.18 Å². The van der Waals surface area contributed by atoms with Crippen LogP contribution in [0.4, 0.5) is 17.6 Å². The predicted molar refractivity (Wildman–Crippen MR) is 140 cm³/mol. The summed E-state index contributed by atoms with van der Waals surface area (Å²) in [6.45, 7) is 6.43. The molecule has 1 aliphatic carbocycles. The van der Waals surface area contributed by atoms with Gasteiger partial charge in [-0.1, -0.05) is 29.5 Å². The van der Waals surface area contributed by atoms with Crippen LogP contribution in [0, 0.1) is 6.92 Å².